The van der Waals surface area contributed by atoms with E-state index in [1.54, 1.807) is 11.3 Å². The first-order chi connectivity index (χ1) is 9.86. The van der Waals surface area contributed by atoms with E-state index >= 15 is 0 Å². The summed E-state index contributed by atoms with van der Waals surface area (Å²) in [7, 11) is 2.10. The summed E-state index contributed by atoms with van der Waals surface area (Å²) in [5.41, 5.74) is 2.35. The molecule has 0 saturated heterocycles. The predicted molar refractivity (Wildman–Crippen MR) is 86.1 cm³/mol. The second-order valence-corrected chi connectivity index (χ2v) is 6.56. The minimum absolute atomic E-state index is 0.726. The molecule has 1 atom stereocenters. The Hall–Kier alpha value is -1.19. The zero-order chi connectivity index (χ0) is 13.8. The number of hydrogen-bond donors (Lipinski definition) is 1. The molecule has 0 spiro atoms. The first kappa shape index (κ1) is 13.8. The van der Waals surface area contributed by atoms with Gasteiger partial charge in [-0.1, -0.05) is 30.3 Å². The van der Waals surface area contributed by atoms with Crippen molar-refractivity contribution in [3.63, 3.8) is 0 Å². The van der Waals surface area contributed by atoms with E-state index in [1.807, 2.05) is 6.07 Å². The van der Waals surface area contributed by atoms with Crippen LogP contribution in [-0.4, -0.2) is 18.1 Å². The Morgan fingerprint density at radius 1 is 1.30 bits per heavy atom. The number of aryl methyl sites for hydroxylation is 1. The molecule has 0 amide bonds. The first-order valence-corrected chi connectivity index (χ1v) is 8.42. The predicted octanol–water partition coefficient (Wildman–Crippen LogP) is 4.13. The second-order valence-electron chi connectivity index (χ2n) is 5.62. The van der Waals surface area contributed by atoms with Gasteiger partial charge in [0.05, 0.1) is 10.7 Å². The normalized spacial score (nSPS) is 16.2. The van der Waals surface area contributed by atoms with Crippen molar-refractivity contribution < 1.29 is 0 Å². The lowest BCUT2D eigenvalue weighted by molar-refractivity contribution is 0.456. The average Bonchev–Trinajstić information content (AvgIpc) is 3.23. The van der Waals surface area contributed by atoms with Crippen LogP contribution in [0.2, 0.25) is 0 Å². The number of hydrogen-bond acceptors (Lipinski definition) is 3. The molecule has 1 aliphatic rings. The zero-order valence-electron chi connectivity index (χ0n) is 12.0. The fourth-order valence-corrected chi connectivity index (χ4v) is 3.60. The summed E-state index contributed by atoms with van der Waals surface area (Å²) in [5, 5.41) is 6.92. The highest BCUT2D eigenvalue weighted by Gasteiger charge is 2.29. The maximum absolute atomic E-state index is 4.76. The molecule has 0 bridgehead atoms. The largest absolute Gasteiger partial charge is 0.317 e. The minimum Gasteiger partial charge on any atom is -0.317 e. The quantitative estimate of drug-likeness (QED) is 0.828. The van der Waals surface area contributed by atoms with E-state index in [0.29, 0.717) is 0 Å². The van der Waals surface area contributed by atoms with E-state index in [2.05, 4.69) is 42.0 Å². The lowest BCUT2D eigenvalue weighted by atomic mass is 10.1. The van der Waals surface area contributed by atoms with E-state index in [0.717, 1.165) is 24.1 Å². The van der Waals surface area contributed by atoms with E-state index in [4.69, 9.17) is 4.98 Å². The van der Waals surface area contributed by atoms with E-state index in [-0.39, 0.29) is 0 Å². The summed E-state index contributed by atoms with van der Waals surface area (Å²) in [4.78, 5) is 4.76. The molecule has 3 rings (SSSR count). The van der Waals surface area contributed by atoms with Gasteiger partial charge in [0.15, 0.2) is 0 Å². The van der Waals surface area contributed by atoms with Crippen LogP contribution in [0.25, 0.3) is 11.3 Å². The van der Waals surface area contributed by atoms with Crippen LogP contribution in [0.4, 0.5) is 0 Å². The smallest absolute Gasteiger partial charge is 0.0932 e. The molecule has 1 saturated carbocycles. The Balaban J connectivity index is 1.52. The number of aromatic nitrogens is 1. The molecule has 1 fully saturated rings. The van der Waals surface area contributed by atoms with Crippen LogP contribution in [0.15, 0.2) is 35.7 Å². The third-order valence-electron chi connectivity index (χ3n) is 4.09. The van der Waals surface area contributed by atoms with Crippen molar-refractivity contribution in [2.24, 2.45) is 5.92 Å². The average molecular weight is 286 g/mol. The molecule has 106 valence electrons. The Kier molecular flexibility index (Phi) is 4.48. The first-order valence-electron chi connectivity index (χ1n) is 7.54. The van der Waals surface area contributed by atoms with Crippen LogP contribution < -0.4 is 5.32 Å². The Morgan fingerprint density at radius 2 is 2.10 bits per heavy atom. The number of nitrogens with zero attached hydrogens (tertiary/aromatic N) is 1. The van der Waals surface area contributed by atoms with Crippen molar-refractivity contribution in [1.82, 2.24) is 10.3 Å². The van der Waals surface area contributed by atoms with Gasteiger partial charge in [0.1, 0.15) is 0 Å². The molecule has 1 aromatic carbocycles. The third kappa shape index (κ3) is 3.47. The molecule has 1 N–H and O–H groups in total. The Bertz CT molecular complexity index is 531. The van der Waals surface area contributed by atoms with Crippen LogP contribution in [0.1, 0.15) is 30.7 Å². The number of benzene rings is 1. The van der Waals surface area contributed by atoms with Gasteiger partial charge in [-0.05, 0) is 45.1 Å². The molecule has 1 unspecified atom stereocenters. The Morgan fingerprint density at radius 3 is 2.80 bits per heavy atom. The summed E-state index contributed by atoms with van der Waals surface area (Å²) in [6.45, 7) is 0. The van der Waals surface area contributed by atoms with Gasteiger partial charge in [-0.2, -0.15) is 0 Å². The standard InChI is InChI=1S/C17H22N2S/c1-18-15(14-10-11-14)8-5-9-17-19-16(12-20-17)13-6-3-2-4-7-13/h2-4,6-7,12,14-15,18H,5,8-11H2,1H3. The SMILES string of the molecule is CNC(CCCc1nc(-c2ccccc2)cs1)C1CC1. The number of thiazole rings is 1. The van der Waals surface area contributed by atoms with E-state index < -0.39 is 0 Å². The Labute approximate surface area is 125 Å². The van der Waals surface area contributed by atoms with Gasteiger partial charge in [-0.25, -0.2) is 4.98 Å². The van der Waals surface area contributed by atoms with Crippen molar-refractivity contribution >= 4 is 11.3 Å². The summed E-state index contributed by atoms with van der Waals surface area (Å²) in [6.07, 6.45) is 6.47. The molecule has 1 heterocycles. The topological polar surface area (TPSA) is 24.9 Å². The van der Waals surface area contributed by atoms with Crippen molar-refractivity contribution in [2.75, 3.05) is 7.05 Å². The summed E-state index contributed by atoms with van der Waals surface area (Å²) >= 11 is 1.80. The highest BCUT2D eigenvalue weighted by atomic mass is 32.1. The van der Waals surface area contributed by atoms with Crippen LogP contribution in [-0.2, 0) is 6.42 Å². The minimum atomic E-state index is 0.726. The van der Waals surface area contributed by atoms with Crippen LogP contribution >= 0.6 is 11.3 Å². The highest BCUT2D eigenvalue weighted by molar-refractivity contribution is 7.09. The number of rotatable bonds is 7. The molecule has 1 aromatic heterocycles. The zero-order valence-corrected chi connectivity index (χ0v) is 12.8. The summed E-state index contributed by atoms with van der Waals surface area (Å²) in [5.74, 6) is 0.941. The van der Waals surface area contributed by atoms with Crippen molar-refractivity contribution in [3.05, 3.63) is 40.7 Å². The highest BCUT2D eigenvalue weighted by Crippen LogP contribution is 2.34. The van der Waals surface area contributed by atoms with Gasteiger partial charge in [0.25, 0.3) is 0 Å². The van der Waals surface area contributed by atoms with Gasteiger partial charge in [0.2, 0.25) is 0 Å². The summed E-state index contributed by atoms with van der Waals surface area (Å²) in [6, 6.07) is 11.2. The maximum atomic E-state index is 4.76. The maximum Gasteiger partial charge on any atom is 0.0932 e. The van der Waals surface area contributed by atoms with Gasteiger partial charge in [-0.15, -0.1) is 11.3 Å². The van der Waals surface area contributed by atoms with Crippen molar-refractivity contribution in [3.8, 4) is 11.3 Å². The molecular formula is C17H22N2S. The fourth-order valence-electron chi connectivity index (χ4n) is 2.75. The second kappa shape index (κ2) is 6.51. The van der Waals surface area contributed by atoms with Gasteiger partial charge >= 0.3 is 0 Å². The van der Waals surface area contributed by atoms with Gasteiger partial charge in [0, 0.05) is 17.0 Å². The van der Waals surface area contributed by atoms with E-state index in [1.165, 1.54) is 36.3 Å². The molecule has 1 aliphatic carbocycles. The van der Waals surface area contributed by atoms with Crippen molar-refractivity contribution in [2.45, 2.75) is 38.1 Å². The fraction of sp³-hybridized carbons (Fsp3) is 0.471. The number of nitrogens with one attached hydrogen (secondary N) is 1. The molecular weight excluding hydrogens is 264 g/mol. The van der Waals surface area contributed by atoms with Gasteiger partial charge < -0.3 is 5.32 Å². The summed E-state index contributed by atoms with van der Waals surface area (Å²) < 4.78 is 0. The molecule has 3 heteroatoms. The van der Waals surface area contributed by atoms with Crippen LogP contribution in [0, 0.1) is 5.92 Å². The molecule has 0 aliphatic heterocycles. The lowest BCUT2D eigenvalue weighted by Gasteiger charge is -2.14. The van der Waals surface area contributed by atoms with Gasteiger partial charge in [-0.3, -0.25) is 0 Å². The molecule has 2 aromatic rings. The lowest BCUT2D eigenvalue weighted by Crippen LogP contribution is -2.27. The van der Waals surface area contributed by atoms with Crippen LogP contribution in [0.5, 0.6) is 0 Å². The van der Waals surface area contributed by atoms with Crippen LogP contribution in [0.3, 0.4) is 0 Å². The third-order valence-corrected chi connectivity index (χ3v) is 5.00. The molecule has 2 nitrogen and oxygen atoms in total. The monoisotopic (exact) mass is 286 g/mol. The van der Waals surface area contributed by atoms with Crippen molar-refractivity contribution in [1.29, 1.82) is 0 Å². The molecule has 20 heavy (non-hydrogen) atoms. The molecule has 0 radical (unpaired) electrons. The van der Waals surface area contributed by atoms with E-state index in [9.17, 15) is 0 Å².